The van der Waals surface area contributed by atoms with Gasteiger partial charge in [-0.3, -0.25) is 47.8 Å². The van der Waals surface area contributed by atoms with Crippen LogP contribution in [-0.2, 0) is 89.6 Å². The van der Waals surface area contributed by atoms with Crippen LogP contribution in [0.15, 0.2) is 85.2 Å². The lowest BCUT2D eigenvalue weighted by molar-refractivity contribution is -0.135. The van der Waals surface area contributed by atoms with Crippen molar-refractivity contribution in [3.63, 3.8) is 0 Å². The Balaban J connectivity index is 0.928. The molecule has 5 heterocycles. The minimum absolute atomic E-state index is 0.00138. The molecule has 14 N–H and O–H groups in total. The number of H-pyrrole nitrogens is 1. The van der Waals surface area contributed by atoms with Gasteiger partial charge < -0.3 is 83.0 Å². The van der Waals surface area contributed by atoms with Gasteiger partial charge in [0.2, 0.25) is 47.3 Å². The van der Waals surface area contributed by atoms with E-state index < -0.39 is 96.2 Å². The molecule has 10 atom stereocenters. The second kappa shape index (κ2) is 35.9. The Hall–Kier alpha value is -9.13. The molecule has 3 aromatic carbocycles. The summed E-state index contributed by atoms with van der Waals surface area (Å²) in [7, 11) is 0. The van der Waals surface area contributed by atoms with Crippen molar-refractivity contribution in [1.29, 1.82) is 0 Å². The highest BCUT2D eigenvalue weighted by atomic mass is 32.2. The molecule has 30 heteroatoms. The van der Waals surface area contributed by atoms with Crippen LogP contribution in [0.3, 0.4) is 0 Å². The summed E-state index contributed by atoms with van der Waals surface area (Å²) in [5.74, 6) is -5.47. The summed E-state index contributed by atoms with van der Waals surface area (Å²) in [6, 6.07) is 9.88. The minimum Gasteiger partial charge on any atom is -0.508 e. The topological polar surface area (TPSA) is 420 Å². The molecule has 10 amide bonds. The van der Waals surface area contributed by atoms with Gasteiger partial charge in [0.1, 0.15) is 66.2 Å². The lowest BCUT2D eigenvalue weighted by atomic mass is 10.0. The van der Waals surface area contributed by atoms with Gasteiger partial charge in [-0.15, -0.1) is 5.10 Å². The first-order chi connectivity index (χ1) is 45.7. The monoisotopic (exact) mass is 1330 g/mol. The van der Waals surface area contributed by atoms with E-state index >= 15 is 0 Å². The van der Waals surface area contributed by atoms with Gasteiger partial charge >= 0.3 is 6.03 Å². The summed E-state index contributed by atoms with van der Waals surface area (Å²) in [5.41, 5.74) is 8.41. The number of fused-ring (bicyclic) bond motifs is 4. The number of aryl methyl sites for hydroxylation is 1. The molecule has 0 radical (unpaired) electrons. The van der Waals surface area contributed by atoms with E-state index in [0.29, 0.717) is 60.7 Å². The van der Waals surface area contributed by atoms with E-state index in [1.54, 1.807) is 30.6 Å². The van der Waals surface area contributed by atoms with Crippen molar-refractivity contribution in [2.45, 2.75) is 163 Å². The SMILES string of the molecule is C[C@H]1NC(=O)[C@@H](C)NC(=O)[C@@H](Cc2ccc(O)cc2)NC(=O)[C@@H](Cc2c[nH]c3ccccc23)NC(=O)[C@@H](NC(=O)COCCOCCOCCCC(=O)CCCC[C@H]2SC[C@H]3NC(=O)N[C@H]32)Cc2cn(nn2)CCCC[C@@H](C(N)=O)NC(=O)[C@@H](Cc2ccc(O)cc2)NC1=O. The van der Waals surface area contributed by atoms with Gasteiger partial charge in [-0.1, -0.05) is 54.1 Å². The number of nitrogens with one attached hydrogen (secondary N) is 10. The number of nitrogens with zero attached hydrogens (tertiary/aromatic N) is 3. The van der Waals surface area contributed by atoms with Crippen molar-refractivity contribution in [3.05, 3.63) is 108 Å². The highest BCUT2D eigenvalue weighted by Gasteiger charge is 2.43. The van der Waals surface area contributed by atoms with Crippen LogP contribution in [-0.4, -0.2) is 194 Å². The number of ether oxygens (including phenoxy) is 3. The predicted octanol–water partition coefficient (Wildman–Crippen LogP) is 0.669. The molecule has 8 rings (SSSR count). The van der Waals surface area contributed by atoms with Gasteiger partial charge in [0, 0.05) is 86.0 Å². The Labute approximate surface area is 553 Å². The van der Waals surface area contributed by atoms with Crippen LogP contribution >= 0.6 is 11.8 Å². The van der Waals surface area contributed by atoms with Crippen LogP contribution in [0.25, 0.3) is 10.9 Å². The zero-order chi connectivity index (χ0) is 67.8. The third-order valence-corrected chi connectivity index (χ3v) is 18.1. The number of carbonyl (C=O) groups excluding carboxylic acids is 10. The Kier molecular flexibility index (Phi) is 27.1. The lowest BCUT2D eigenvalue weighted by Gasteiger charge is -2.26. The number of amides is 10. The van der Waals surface area contributed by atoms with Gasteiger partial charge in [0.15, 0.2) is 0 Å². The third-order valence-electron chi connectivity index (χ3n) is 16.5. The first kappa shape index (κ1) is 71.7. The van der Waals surface area contributed by atoms with Crippen LogP contribution in [0.2, 0.25) is 0 Å². The average molecular weight is 1340 g/mol. The van der Waals surface area contributed by atoms with Crippen molar-refractivity contribution < 1.29 is 72.4 Å². The first-order valence-corrected chi connectivity index (χ1v) is 33.1. The fraction of sp³-hybridized carbons (Fsp3) is 0.508. The molecule has 2 saturated heterocycles. The maximum atomic E-state index is 14.9. The molecule has 0 unspecified atom stereocenters. The molecule has 95 heavy (non-hydrogen) atoms. The second-order valence-corrected chi connectivity index (χ2v) is 25.3. The van der Waals surface area contributed by atoms with E-state index in [1.165, 1.54) is 54.9 Å². The fourth-order valence-corrected chi connectivity index (χ4v) is 12.8. The van der Waals surface area contributed by atoms with E-state index in [1.807, 2.05) is 30.0 Å². The van der Waals surface area contributed by atoms with Crippen LogP contribution in [0, 0.1) is 0 Å². The number of para-hydroxylation sites is 1. The number of hydrogen-bond donors (Lipinski definition) is 13. The number of aromatic nitrogens is 4. The molecule has 0 saturated carbocycles. The number of nitrogens with two attached hydrogens (primary N) is 1. The third kappa shape index (κ3) is 22.5. The quantitative estimate of drug-likeness (QED) is 0.0282. The molecular formula is C65H86N14O15S. The van der Waals surface area contributed by atoms with Crippen LogP contribution in [0.5, 0.6) is 11.5 Å². The van der Waals surface area contributed by atoms with Crippen molar-refractivity contribution in [2.24, 2.45) is 5.73 Å². The Bertz CT molecular complexity index is 3440. The highest BCUT2D eigenvalue weighted by molar-refractivity contribution is 8.00. The molecular weight excluding hydrogens is 1250 g/mol. The summed E-state index contributed by atoms with van der Waals surface area (Å²) in [6.45, 7) is 3.45. The molecule has 3 aliphatic heterocycles. The van der Waals surface area contributed by atoms with E-state index in [-0.39, 0.29) is 106 Å². The standard InChI is InChI=1S/C65H86N14O15S/c1-38-59(85)68-39(2)60(86)72-51(31-41-18-22-46(82)23-19-41)62(88)71-49(58(66)84)14-7-8-24-79-35-43(77-78-79)33-53(70-56(83)36-94-29-28-93-27-26-92-25-9-11-44(80)10-3-6-15-55-57-54(37-95-55)75-65(91)76-57)64(90)74-52(32-42-34-67-48-13-5-4-12-47(42)48)63(89)73-50(61(87)69-38)30-40-16-20-45(81)21-17-40/h4-5,12-13,16-23,34-35,38-39,49-55,57,67,81-82H,3,6-11,14-15,24-33,36-37H2,1-2H3,(H2,66,84)(H,68,85)(H,69,87)(H,70,83)(H,71,88)(H,72,86)(H,73,89)(H,74,90)(H2,75,76,91)/t38-,39-,49+,50-,51-,52-,53+,54-,55-,57-/m1/s1. The number of phenolic OH excluding ortho intramolecular Hbond substituents is 2. The lowest BCUT2D eigenvalue weighted by Crippen LogP contribution is -2.60. The first-order valence-electron chi connectivity index (χ1n) is 32.1. The number of carbonyl (C=O) groups is 10. The van der Waals surface area contributed by atoms with E-state index in [2.05, 4.69) is 63.1 Å². The van der Waals surface area contributed by atoms with Gasteiger partial charge in [0.25, 0.3) is 0 Å². The molecule has 5 aromatic rings. The summed E-state index contributed by atoms with van der Waals surface area (Å²) >= 11 is 1.86. The van der Waals surface area contributed by atoms with E-state index in [4.69, 9.17) is 19.9 Å². The predicted molar refractivity (Wildman–Crippen MR) is 348 cm³/mol. The number of hydrogen-bond acceptors (Lipinski definition) is 18. The summed E-state index contributed by atoms with van der Waals surface area (Å²) in [5, 5.41) is 54.4. The van der Waals surface area contributed by atoms with Crippen molar-refractivity contribution in [3.8, 4) is 11.5 Å². The van der Waals surface area contributed by atoms with E-state index in [9.17, 15) is 58.2 Å². The molecule has 2 aromatic heterocycles. The van der Waals surface area contributed by atoms with Crippen LogP contribution in [0.1, 0.15) is 94.0 Å². The number of primary amides is 1. The zero-order valence-corrected chi connectivity index (χ0v) is 54.1. The zero-order valence-electron chi connectivity index (χ0n) is 53.2. The fourth-order valence-electron chi connectivity index (χ4n) is 11.3. The van der Waals surface area contributed by atoms with Crippen LogP contribution < -0.4 is 53.6 Å². The number of rotatable bonds is 25. The largest absolute Gasteiger partial charge is 0.508 e. The number of benzene rings is 3. The summed E-state index contributed by atoms with van der Waals surface area (Å²) in [6.07, 6.45) is 7.58. The number of Topliss-reactive ketones (excluding diaryl/α,β-unsaturated/α-hetero) is 1. The number of urea groups is 1. The Morgan fingerprint density at radius 3 is 1.94 bits per heavy atom. The number of aromatic hydroxyl groups is 2. The number of aromatic amines is 1. The van der Waals surface area contributed by atoms with Crippen molar-refractivity contribution >= 4 is 81.7 Å². The highest BCUT2D eigenvalue weighted by Crippen LogP contribution is 2.33. The second-order valence-electron chi connectivity index (χ2n) is 24.0. The van der Waals surface area contributed by atoms with Crippen LogP contribution in [0.4, 0.5) is 4.79 Å². The minimum atomic E-state index is -1.43. The molecule has 512 valence electrons. The maximum Gasteiger partial charge on any atom is 0.315 e. The molecule has 3 aliphatic rings. The molecule has 2 fully saturated rings. The smallest absolute Gasteiger partial charge is 0.315 e. The number of thioether (sulfide) groups is 1. The van der Waals surface area contributed by atoms with E-state index in [0.717, 1.165) is 35.9 Å². The Morgan fingerprint density at radius 1 is 0.653 bits per heavy atom. The van der Waals surface area contributed by atoms with Gasteiger partial charge in [-0.05, 0) is 99.4 Å². The maximum absolute atomic E-state index is 14.9. The van der Waals surface area contributed by atoms with Crippen molar-refractivity contribution in [2.75, 3.05) is 45.4 Å². The average Bonchev–Trinajstić information content (AvgIpc) is 1.72. The van der Waals surface area contributed by atoms with Crippen molar-refractivity contribution in [1.82, 2.24) is 67.8 Å². The number of unbranched alkanes of at least 4 members (excludes halogenated alkanes) is 1. The molecule has 29 nitrogen and oxygen atoms in total. The summed E-state index contributed by atoms with van der Waals surface area (Å²) < 4.78 is 18.4. The molecule has 2 bridgehead atoms. The normalized spacial score (nSPS) is 23.5. The van der Waals surface area contributed by atoms with Gasteiger partial charge in [0.05, 0.1) is 44.2 Å². The molecule has 0 aliphatic carbocycles. The number of ketones is 1. The van der Waals surface area contributed by atoms with Gasteiger partial charge in [-0.25, -0.2) is 4.79 Å². The van der Waals surface area contributed by atoms with Gasteiger partial charge in [-0.2, -0.15) is 11.8 Å². The summed E-state index contributed by atoms with van der Waals surface area (Å²) in [4.78, 5) is 140. The molecule has 0 spiro atoms. The number of phenols is 2. The Morgan fingerprint density at radius 2 is 1.24 bits per heavy atom.